The van der Waals surface area contributed by atoms with E-state index in [4.69, 9.17) is 0 Å². The molecule has 26 heavy (non-hydrogen) atoms. The molecule has 1 unspecified atom stereocenters. The SMILES string of the molecule is CCCCCCCCCCCCC(C=[NH+][O-])CCCCCCCCCC. The Morgan fingerprint density at radius 1 is 0.538 bits per heavy atom. The first-order valence-corrected chi connectivity index (χ1v) is 12.1. The molecule has 0 radical (unpaired) electrons. The van der Waals surface area contributed by atoms with Gasteiger partial charge in [-0.2, -0.15) is 0 Å². The fourth-order valence-electron chi connectivity index (χ4n) is 3.84. The van der Waals surface area contributed by atoms with E-state index < -0.39 is 0 Å². The number of hydrogen-bond donors (Lipinski definition) is 1. The maximum Gasteiger partial charge on any atom is 0.151 e. The lowest BCUT2D eigenvalue weighted by Crippen LogP contribution is -2.61. The van der Waals surface area contributed by atoms with Crippen LogP contribution in [0.2, 0.25) is 0 Å². The predicted octanol–water partition coefficient (Wildman–Crippen LogP) is 7.09. The second kappa shape index (κ2) is 22.5. The van der Waals surface area contributed by atoms with E-state index in [0.29, 0.717) is 5.92 Å². The standard InChI is InChI=1S/C24H49NO/c1-3-5-7-9-11-13-14-16-18-20-22-24(23-25-26)21-19-17-15-12-10-8-6-4-2/h23-25H,3-22H2,1-2H3. The number of unbranched alkanes of at least 4 members (excludes halogenated alkanes) is 16. The summed E-state index contributed by atoms with van der Waals surface area (Å²) in [5, 5.41) is 12.8. The number of hydrogen-bond acceptors (Lipinski definition) is 1. The third-order valence-electron chi connectivity index (χ3n) is 5.66. The van der Waals surface area contributed by atoms with Crippen LogP contribution in [0.1, 0.15) is 142 Å². The summed E-state index contributed by atoms with van der Waals surface area (Å²) in [5.41, 5.74) is 0. The minimum absolute atomic E-state index is 0.488. The van der Waals surface area contributed by atoms with Crippen molar-refractivity contribution in [2.24, 2.45) is 5.92 Å². The van der Waals surface area contributed by atoms with Crippen LogP contribution in [0.5, 0.6) is 0 Å². The maximum atomic E-state index is 10.8. The largest absolute Gasteiger partial charge is 0.626 e. The number of rotatable bonds is 21. The summed E-state index contributed by atoms with van der Waals surface area (Å²) < 4.78 is 0. The first-order chi connectivity index (χ1) is 12.8. The van der Waals surface area contributed by atoms with Gasteiger partial charge in [0.25, 0.3) is 0 Å². The molecule has 0 heterocycles. The molecule has 0 aromatic carbocycles. The van der Waals surface area contributed by atoms with E-state index in [1.807, 2.05) is 0 Å². The molecule has 0 saturated heterocycles. The Balaban J connectivity index is 3.44. The van der Waals surface area contributed by atoms with Crippen molar-refractivity contribution in [2.45, 2.75) is 142 Å². The van der Waals surface area contributed by atoms with E-state index in [1.165, 1.54) is 128 Å². The van der Waals surface area contributed by atoms with Gasteiger partial charge in [-0.3, -0.25) is 0 Å². The van der Waals surface area contributed by atoms with E-state index in [-0.39, 0.29) is 0 Å². The molecule has 0 aromatic rings. The van der Waals surface area contributed by atoms with Gasteiger partial charge < -0.3 is 5.21 Å². The van der Waals surface area contributed by atoms with Gasteiger partial charge in [0.1, 0.15) is 0 Å². The van der Waals surface area contributed by atoms with Crippen molar-refractivity contribution in [1.29, 1.82) is 0 Å². The van der Waals surface area contributed by atoms with Crippen molar-refractivity contribution in [3.05, 3.63) is 5.21 Å². The number of nitrogens with one attached hydrogen (secondary N) is 1. The molecule has 0 aliphatic carbocycles. The molecule has 1 N–H and O–H groups in total. The Morgan fingerprint density at radius 2 is 0.846 bits per heavy atom. The van der Waals surface area contributed by atoms with E-state index in [1.54, 1.807) is 6.21 Å². The maximum absolute atomic E-state index is 10.8. The molecule has 0 fully saturated rings. The lowest BCUT2D eigenvalue weighted by Gasteiger charge is -2.10. The minimum Gasteiger partial charge on any atom is -0.626 e. The molecule has 0 amide bonds. The molecular weight excluding hydrogens is 318 g/mol. The minimum atomic E-state index is 0.488. The van der Waals surface area contributed by atoms with Crippen molar-refractivity contribution in [3.63, 3.8) is 0 Å². The van der Waals surface area contributed by atoms with Crippen LogP contribution in [0.25, 0.3) is 0 Å². The summed E-state index contributed by atoms with van der Waals surface area (Å²) in [4.78, 5) is 0. The average Bonchev–Trinajstić information content (AvgIpc) is 2.65. The first kappa shape index (κ1) is 25.5. The van der Waals surface area contributed by atoms with E-state index >= 15 is 0 Å². The van der Waals surface area contributed by atoms with Crippen LogP contribution in [-0.4, -0.2) is 6.21 Å². The third-order valence-corrected chi connectivity index (χ3v) is 5.66. The highest BCUT2D eigenvalue weighted by Gasteiger charge is 2.08. The van der Waals surface area contributed by atoms with Crippen LogP contribution in [-0.2, 0) is 0 Å². The zero-order valence-corrected chi connectivity index (χ0v) is 18.2. The molecule has 0 aliphatic rings. The van der Waals surface area contributed by atoms with E-state index in [9.17, 15) is 5.21 Å². The molecule has 0 aliphatic heterocycles. The molecule has 2 nitrogen and oxygen atoms in total. The van der Waals surface area contributed by atoms with Gasteiger partial charge in [0.15, 0.2) is 6.21 Å². The van der Waals surface area contributed by atoms with Crippen molar-refractivity contribution in [2.75, 3.05) is 0 Å². The highest BCUT2D eigenvalue weighted by Crippen LogP contribution is 2.18. The first-order valence-electron chi connectivity index (χ1n) is 12.1. The summed E-state index contributed by atoms with van der Waals surface area (Å²) in [6, 6.07) is 0. The zero-order chi connectivity index (χ0) is 19.1. The van der Waals surface area contributed by atoms with Crippen LogP contribution in [0.15, 0.2) is 0 Å². The molecule has 0 spiro atoms. The molecule has 1 atom stereocenters. The van der Waals surface area contributed by atoms with Crippen molar-refractivity contribution in [3.8, 4) is 0 Å². The van der Waals surface area contributed by atoms with Gasteiger partial charge >= 0.3 is 0 Å². The summed E-state index contributed by atoms with van der Waals surface area (Å²) in [6.07, 6.45) is 29.0. The van der Waals surface area contributed by atoms with Crippen LogP contribution < -0.4 is 5.16 Å². The fourth-order valence-corrected chi connectivity index (χ4v) is 3.84. The van der Waals surface area contributed by atoms with Gasteiger partial charge in [-0.05, 0) is 12.8 Å². The van der Waals surface area contributed by atoms with Gasteiger partial charge in [-0.25, -0.2) is 5.16 Å². The quantitative estimate of drug-likeness (QED) is 0.0999. The summed E-state index contributed by atoms with van der Waals surface area (Å²) >= 11 is 0. The third kappa shape index (κ3) is 19.8. The van der Waals surface area contributed by atoms with Crippen molar-refractivity contribution < 1.29 is 5.16 Å². The highest BCUT2D eigenvalue weighted by molar-refractivity contribution is 5.53. The summed E-state index contributed by atoms with van der Waals surface area (Å²) in [7, 11) is 0. The normalized spacial score (nSPS) is 12.8. The Bertz CT molecular complexity index is 277. The van der Waals surface area contributed by atoms with Gasteiger partial charge in [-0.1, -0.05) is 129 Å². The van der Waals surface area contributed by atoms with E-state index in [2.05, 4.69) is 19.0 Å². The van der Waals surface area contributed by atoms with Crippen LogP contribution in [0.4, 0.5) is 0 Å². The van der Waals surface area contributed by atoms with Gasteiger partial charge in [-0.15, -0.1) is 0 Å². The summed E-state index contributed by atoms with van der Waals surface area (Å²) in [6.45, 7) is 4.55. The second-order valence-electron chi connectivity index (χ2n) is 8.28. The highest BCUT2D eigenvalue weighted by atomic mass is 16.4. The summed E-state index contributed by atoms with van der Waals surface area (Å²) in [5.74, 6) is 0.488. The molecule has 0 aromatic heterocycles. The van der Waals surface area contributed by atoms with Crippen molar-refractivity contribution >= 4 is 6.21 Å². The predicted molar refractivity (Wildman–Crippen MR) is 118 cm³/mol. The molecule has 0 saturated carbocycles. The fraction of sp³-hybridized carbons (Fsp3) is 0.958. The van der Waals surface area contributed by atoms with Gasteiger partial charge in [0.2, 0.25) is 0 Å². The topological polar surface area (TPSA) is 37.0 Å². The van der Waals surface area contributed by atoms with E-state index in [0.717, 1.165) is 0 Å². The Kier molecular flexibility index (Phi) is 22.1. The monoisotopic (exact) mass is 367 g/mol. The lowest BCUT2D eigenvalue weighted by molar-refractivity contribution is -0.370. The molecule has 156 valence electrons. The smallest absolute Gasteiger partial charge is 0.151 e. The van der Waals surface area contributed by atoms with Crippen molar-refractivity contribution in [1.82, 2.24) is 0 Å². The second-order valence-corrected chi connectivity index (χ2v) is 8.28. The Hall–Kier alpha value is -0.530. The lowest BCUT2D eigenvalue weighted by atomic mass is 9.95. The zero-order valence-electron chi connectivity index (χ0n) is 18.2. The van der Waals surface area contributed by atoms with Crippen LogP contribution in [0.3, 0.4) is 0 Å². The molecular formula is C24H49NO. The van der Waals surface area contributed by atoms with Crippen LogP contribution in [0, 0.1) is 11.1 Å². The average molecular weight is 368 g/mol. The molecule has 0 bridgehead atoms. The molecule has 2 heteroatoms. The molecule has 0 rings (SSSR count). The van der Waals surface area contributed by atoms with Crippen LogP contribution >= 0.6 is 0 Å². The Labute approximate surface area is 165 Å². The van der Waals surface area contributed by atoms with Gasteiger partial charge in [0.05, 0.1) is 0 Å². The van der Waals surface area contributed by atoms with Gasteiger partial charge in [0, 0.05) is 5.92 Å². The Morgan fingerprint density at radius 3 is 1.15 bits per heavy atom.